The molecule has 0 radical (unpaired) electrons. The Balaban J connectivity index is 1.53. The van der Waals surface area contributed by atoms with Crippen LogP contribution in [0.4, 0.5) is 0 Å². The van der Waals surface area contributed by atoms with E-state index in [1.165, 1.54) is 4.90 Å². The molecule has 3 aromatic carbocycles. The fraction of sp³-hybridized carbons (Fsp3) is 0.226. The number of aromatic amines is 1. The van der Waals surface area contributed by atoms with E-state index < -0.39 is 17.7 Å². The number of para-hydroxylation sites is 1. The fourth-order valence-corrected chi connectivity index (χ4v) is 4.98. The number of Topliss-reactive ketones (excluding diaryl/α,β-unsaturated/α-hetero) is 1. The van der Waals surface area contributed by atoms with E-state index in [1.54, 1.807) is 25.3 Å². The molecular formula is C31H30N2O5. The zero-order chi connectivity index (χ0) is 26.6. The van der Waals surface area contributed by atoms with E-state index >= 15 is 0 Å². The van der Waals surface area contributed by atoms with Crippen LogP contribution in [0.15, 0.2) is 84.6 Å². The first-order valence-corrected chi connectivity index (χ1v) is 12.6. The van der Waals surface area contributed by atoms with Gasteiger partial charge in [-0.25, -0.2) is 0 Å². The van der Waals surface area contributed by atoms with Crippen LogP contribution in [0.1, 0.15) is 34.7 Å². The number of nitrogens with zero attached hydrogens (tertiary/aromatic N) is 1. The number of fused-ring (bicyclic) bond motifs is 1. The lowest BCUT2D eigenvalue weighted by molar-refractivity contribution is -0.140. The van der Waals surface area contributed by atoms with E-state index in [9.17, 15) is 14.7 Å². The number of nitrogens with one attached hydrogen (secondary N) is 1. The number of benzene rings is 3. The number of amides is 1. The van der Waals surface area contributed by atoms with Crippen LogP contribution >= 0.6 is 0 Å². The molecule has 5 rings (SSSR count). The Hall–Kier alpha value is -4.36. The lowest BCUT2D eigenvalue weighted by Crippen LogP contribution is -2.31. The summed E-state index contributed by atoms with van der Waals surface area (Å²) in [4.78, 5) is 31.3. The van der Waals surface area contributed by atoms with E-state index in [0.717, 1.165) is 27.6 Å². The lowest BCUT2D eigenvalue weighted by Gasteiger charge is -2.25. The molecule has 1 fully saturated rings. The molecule has 7 heteroatoms. The number of aromatic nitrogens is 1. The number of ketones is 1. The molecule has 1 aromatic heterocycles. The molecule has 1 saturated heterocycles. The average Bonchev–Trinajstić information content (AvgIpc) is 3.47. The van der Waals surface area contributed by atoms with Gasteiger partial charge in [-0.15, -0.1) is 0 Å². The van der Waals surface area contributed by atoms with Gasteiger partial charge in [0.05, 0.1) is 11.6 Å². The van der Waals surface area contributed by atoms with Crippen molar-refractivity contribution in [3.8, 4) is 5.75 Å². The number of H-pyrrole nitrogens is 1. The fourth-order valence-electron chi connectivity index (χ4n) is 4.98. The van der Waals surface area contributed by atoms with Crippen molar-refractivity contribution in [1.82, 2.24) is 9.88 Å². The van der Waals surface area contributed by atoms with Crippen LogP contribution < -0.4 is 4.74 Å². The number of carbonyl (C=O) groups excluding carboxylic acids is 2. The predicted octanol–water partition coefficient (Wildman–Crippen LogP) is 5.51. The monoisotopic (exact) mass is 510 g/mol. The third-order valence-electron chi connectivity index (χ3n) is 6.89. The SMILES string of the molecule is COCCCN1C(=O)C(=O)/C(=C(/O)c2ccc(OCc3ccccc3)c(C)c2)C1c1c[nH]c2ccccc12. The van der Waals surface area contributed by atoms with Crippen LogP contribution in [0.2, 0.25) is 0 Å². The second-order valence-corrected chi connectivity index (χ2v) is 9.38. The van der Waals surface area contributed by atoms with Gasteiger partial charge in [0.1, 0.15) is 18.1 Å². The Morgan fingerprint density at radius 1 is 1.03 bits per heavy atom. The second kappa shape index (κ2) is 10.9. The number of hydrogen-bond donors (Lipinski definition) is 2. The maximum atomic E-state index is 13.3. The number of aryl methyl sites for hydroxylation is 1. The predicted molar refractivity (Wildman–Crippen MR) is 146 cm³/mol. The molecule has 1 atom stereocenters. The zero-order valence-electron chi connectivity index (χ0n) is 21.4. The summed E-state index contributed by atoms with van der Waals surface area (Å²) in [7, 11) is 1.60. The number of aliphatic hydroxyl groups excluding tert-OH is 1. The maximum Gasteiger partial charge on any atom is 0.295 e. The first-order valence-electron chi connectivity index (χ1n) is 12.6. The van der Waals surface area contributed by atoms with Gasteiger partial charge in [-0.3, -0.25) is 9.59 Å². The van der Waals surface area contributed by atoms with Crippen LogP contribution in [0.5, 0.6) is 5.75 Å². The standard InChI is InChI=1S/C31H30N2O5/c1-20-17-22(13-14-26(20)38-19-21-9-4-3-5-10-21)29(34)27-28(24-18-32-25-12-7-6-11-23(24)25)33(15-8-16-37-2)31(36)30(27)35/h3-7,9-14,17-18,28,32,34H,8,15-16,19H2,1-2H3/b29-27+. The minimum atomic E-state index is -0.725. The Labute approximate surface area is 221 Å². The van der Waals surface area contributed by atoms with Gasteiger partial charge in [0.15, 0.2) is 0 Å². The Kier molecular flexibility index (Phi) is 7.29. The van der Waals surface area contributed by atoms with Crippen LogP contribution in [-0.4, -0.2) is 46.9 Å². The largest absolute Gasteiger partial charge is 0.507 e. The molecule has 4 aromatic rings. The van der Waals surface area contributed by atoms with Crippen LogP contribution in [0, 0.1) is 6.92 Å². The number of ether oxygens (including phenoxy) is 2. The summed E-state index contributed by atoms with van der Waals surface area (Å²) in [6.45, 7) is 3.08. The highest BCUT2D eigenvalue weighted by Crippen LogP contribution is 2.42. The number of rotatable bonds is 9. The van der Waals surface area contributed by atoms with Crippen molar-refractivity contribution in [3.63, 3.8) is 0 Å². The summed E-state index contributed by atoms with van der Waals surface area (Å²) in [6.07, 6.45) is 2.37. The molecule has 0 saturated carbocycles. The molecule has 194 valence electrons. The third-order valence-corrected chi connectivity index (χ3v) is 6.89. The van der Waals surface area contributed by atoms with Crippen molar-refractivity contribution in [1.29, 1.82) is 0 Å². The van der Waals surface area contributed by atoms with Crippen molar-refractivity contribution in [2.75, 3.05) is 20.3 Å². The van der Waals surface area contributed by atoms with E-state index in [4.69, 9.17) is 9.47 Å². The molecule has 1 unspecified atom stereocenters. The summed E-state index contributed by atoms with van der Waals surface area (Å²) in [5.74, 6) is -0.848. The number of hydrogen-bond acceptors (Lipinski definition) is 5. The number of likely N-dealkylation sites (tertiary alicyclic amines) is 1. The van der Waals surface area contributed by atoms with Gasteiger partial charge in [0.2, 0.25) is 0 Å². The minimum absolute atomic E-state index is 0.0783. The highest BCUT2D eigenvalue weighted by molar-refractivity contribution is 6.46. The molecule has 0 spiro atoms. The van der Waals surface area contributed by atoms with Crippen molar-refractivity contribution in [2.24, 2.45) is 0 Å². The van der Waals surface area contributed by atoms with Gasteiger partial charge in [-0.2, -0.15) is 0 Å². The Morgan fingerprint density at radius 2 is 1.79 bits per heavy atom. The Morgan fingerprint density at radius 3 is 2.55 bits per heavy atom. The molecule has 1 aliphatic heterocycles. The molecule has 7 nitrogen and oxygen atoms in total. The molecule has 0 aliphatic carbocycles. The Bertz CT molecular complexity index is 1510. The summed E-state index contributed by atoms with van der Waals surface area (Å²) < 4.78 is 11.2. The normalized spacial score (nSPS) is 16.9. The number of carbonyl (C=O) groups is 2. The topological polar surface area (TPSA) is 91.9 Å². The molecule has 1 amide bonds. The number of methoxy groups -OCH3 is 1. The van der Waals surface area contributed by atoms with Crippen molar-refractivity contribution < 1.29 is 24.2 Å². The van der Waals surface area contributed by atoms with Gasteiger partial charge in [-0.1, -0.05) is 48.5 Å². The van der Waals surface area contributed by atoms with E-state index in [1.807, 2.05) is 67.7 Å². The van der Waals surface area contributed by atoms with Crippen LogP contribution in [-0.2, 0) is 20.9 Å². The summed E-state index contributed by atoms with van der Waals surface area (Å²) in [5, 5.41) is 12.4. The molecule has 38 heavy (non-hydrogen) atoms. The summed E-state index contributed by atoms with van der Waals surface area (Å²) in [5.41, 5.74) is 4.04. The van der Waals surface area contributed by atoms with Gasteiger partial charge in [0, 0.05) is 48.5 Å². The lowest BCUT2D eigenvalue weighted by atomic mass is 9.94. The number of aliphatic hydroxyl groups is 1. The molecule has 0 bridgehead atoms. The van der Waals surface area contributed by atoms with E-state index in [-0.39, 0.29) is 11.3 Å². The highest BCUT2D eigenvalue weighted by Gasteiger charge is 2.46. The van der Waals surface area contributed by atoms with Gasteiger partial charge in [-0.05, 0) is 48.7 Å². The quantitative estimate of drug-likeness (QED) is 0.134. The second-order valence-electron chi connectivity index (χ2n) is 9.38. The molecule has 1 aliphatic rings. The average molecular weight is 511 g/mol. The van der Waals surface area contributed by atoms with E-state index in [0.29, 0.717) is 37.5 Å². The van der Waals surface area contributed by atoms with Crippen molar-refractivity contribution in [3.05, 3.63) is 107 Å². The van der Waals surface area contributed by atoms with Crippen molar-refractivity contribution in [2.45, 2.75) is 26.0 Å². The third kappa shape index (κ3) is 4.80. The summed E-state index contributed by atoms with van der Waals surface area (Å²) >= 11 is 0. The van der Waals surface area contributed by atoms with Crippen LogP contribution in [0.25, 0.3) is 16.7 Å². The molecule has 2 N–H and O–H groups in total. The molecular weight excluding hydrogens is 480 g/mol. The molecule has 2 heterocycles. The van der Waals surface area contributed by atoms with E-state index in [2.05, 4.69) is 4.98 Å². The first-order chi connectivity index (χ1) is 18.5. The van der Waals surface area contributed by atoms with Gasteiger partial charge < -0.3 is 24.5 Å². The van der Waals surface area contributed by atoms with Gasteiger partial charge in [0.25, 0.3) is 11.7 Å². The van der Waals surface area contributed by atoms with Gasteiger partial charge >= 0.3 is 0 Å². The minimum Gasteiger partial charge on any atom is -0.507 e. The van der Waals surface area contributed by atoms with Crippen molar-refractivity contribution >= 4 is 28.4 Å². The smallest absolute Gasteiger partial charge is 0.295 e. The zero-order valence-corrected chi connectivity index (χ0v) is 21.4. The summed E-state index contributed by atoms with van der Waals surface area (Å²) in [6, 6.07) is 22.1. The highest BCUT2D eigenvalue weighted by atomic mass is 16.5. The first kappa shape index (κ1) is 25.3. The van der Waals surface area contributed by atoms with Crippen LogP contribution in [0.3, 0.4) is 0 Å². The maximum absolute atomic E-state index is 13.3.